The topological polar surface area (TPSA) is 96.4 Å². The second-order valence-electron chi connectivity index (χ2n) is 6.73. The zero-order valence-electron chi connectivity index (χ0n) is 16.4. The minimum Gasteiger partial charge on any atom is -0.376 e. The summed E-state index contributed by atoms with van der Waals surface area (Å²) < 4.78 is 70.4. The molecule has 0 saturated carbocycles. The summed E-state index contributed by atoms with van der Waals surface area (Å²) in [6, 6.07) is 7.27. The van der Waals surface area contributed by atoms with Gasteiger partial charge in [-0.15, -0.1) is 0 Å². The molecule has 3 rings (SSSR count). The van der Waals surface area contributed by atoms with Crippen LogP contribution in [0, 0.1) is 24.4 Å². The molecule has 0 aliphatic carbocycles. The Bertz CT molecular complexity index is 1280. The van der Waals surface area contributed by atoms with E-state index in [2.05, 4.69) is 10.3 Å². The van der Waals surface area contributed by atoms with E-state index in [1.807, 2.05) is 0 Å². The summed E-state index contributed by atoms with van der Waals surface area (Å²) in [7, 11) is -4.54. The summed E-state index contributed by atoms with van der Waals surface area (Å²) in [5, 5.41) is 9.17. The lowest BCUT2D eigenvalue weighted by Crippen LogP contribution is -2.26. The Morgan fingerprint density at radius 3 is 2.34 bits per heavy atom. The molecule has 0 saturated heterocycles. The van der Waals surface area contributed by atoms with Crippen LogP contribution in [0.15, 0.2) is 53.6 Å². The van der Waals surface area contributed by atoms with Gasteiger partial charge in [0.05, 0.1) is 4.90 Å². The van der Waals surface area contributed by atoms with Crippen LogP contribution in [-0.4, -0.2) is 31.1 Å². The van der Waals surface area contributed by atoms with Gasteiger partial charge in [0.1, 0.15) is 23.5 Å². The molecule has 2 N–H and O–H groups in total. The quantitative estimate of drug-likeness (QED) is 0.411. The molecule has 1 unspecified atom stereocenters. The Morgan fingerprint density at radius 2 is 1.75 bits per heavy atom. The van der Waals surface area contributed by atoms with E-state index in [4.69, 9.17) is 16.7 Å². The van der Waals surface area contributed by atoms with E-state index < -0.39 is 50.7 Å². The summed E-state index contributed by atoms with van der Waals surface area (Å²) >= 11 is 5.81. The number of hydrogen-bond acceptors (Lipinski definition) is 5. The zero-order valence-corrected chi connectivity index (χ0v) is 18.0. The summed E-state index contributed by atoms with van der Waals surface area (Å²) in [6.07, 6.45) is 0.976. The lowest BCUT2D eigenvalue weighted by Gasteiger charge is -2.22. The highest BCUT2D eigenvalue weighted by Gasteiger charge is 2.37. The number of carbonyl (C=O) groups excluding carboxylic acids is 1. The van der Waals surface area contributed by atoms with Crippen molar-refractivity contribution in [2.75, 3.05) is 6.73 Å². The molecule has 1 atom stereocenters. The van der Waals surface area contributed by atoms with E-state index in [9.17, 15) is 26.4 Å². The Hall–Kier alpha value is -2.95. The molecule has 0 fully saturated rings. The van der Waals surface area contributed by atoms with Crippen LogP contribution in [0.25, 0.3) is 0 Å². The summed E-state index contributed by atoms with van der Waals surface area (Å²) in [5.74, 6) is -5.10. The number of amides is 1. The number of hydrogen-bond donors (Lipinski definition) is 2. The van der Waals surface area contributed by atoms with Crippen molar-refractivity contribution >= 4 is 27.3 Å². The number of nitrogens with zero attached hydrogens (tertiary/aromatic N) is 1. The van der Waals surface area contributed by atoms with Gasteiger partial charge >= 0.3 is 0 Å². The third-order valence-corrected chi connectivity index (χ3v) is 6.99. The van der Waals surface area contributed by atoms with Gasteiger partial charge in [-0.25, -0.2) is 21.6 Å². The molecule has 0 aliphatic rings. The van der Waals surface area contributed by atoms with Crippen molar-refractivity contribution in [3.05, 3.63) is 93.5 Å². The first-order chi connectivity index (χ1) is 15.1. The molecule has 168 valence electrons. The van der Waals surface area contributed by atoms with Gasteiger partial charge in [-0.05, 0) is 60.5 Å². The molecular weight excluding hydrogens is 469 g/mol. The van der Waals surface area contributed by atoms with Crippen LogP contribution in [-0.2, 0) is 9.84 Å². The fourth-order valence-electron chi connectivity index (χ4n) is 3.15. The van der Waals surface area contributed by atoms with Crippen molar-refractivity contribution in [2.24, 2.45) is 0 Å². The van der Waals surface area contributed by atoms with Crippen LogP contribution >= 0.6 is 11.6 Å². The maximum absolute atomic E-state index is 14.7. The third kappa shape index (κ3) is 4.47. The third-order valence-electron chi connectivity index (χ3n) is 4.70. The number of rotatable bonds is 6. The van der Waals surface area contributed by atoms with Crippen LogP contribution in [0.2, 0.25) is 5.02 Å². The van der Waals surface area contributed by atoms with Gasteiger partial charge < -0.3 is 10.4 Å². The SMILES string of the molecule is Cc1cc(C(=O)NCO)ncc1C(c1c(F)ccc(F)c1F)S(=O)(=O)c1ccc(Cl)cc1. The highest BCUT2D eigenvalue weighted by atomic mass is 35.5. The molecular formula is C21H16ClF3N2O4S. The van der Waals surface area contributed by atoms with Crippen LogP contribution < -0.4 is 5.32 Å². The summed E-state index contributed by atoms with van der Waals surface area (Å²) in [4.78, 5) is 15.5. The molecule has 0 bridgehead atoms. The van der Waals surface area contributed by atoms with E-state index >= 15 is 0 Å². The number of halogens is 4. The average Bonchev–Trinajstić information content (AvgIpc) is 2.75. The molecule has 0 radical (unpaired) electrons. The Labute approximate surface area is 186 Å². The Balaban J connectivity index is 2.29. The van der Waals surface area contributed by atoms with E-state index in [1.165, 1.54) is 25.1 Å². The summed E-state index contributed by atoms with van der Waals surface area (Å²) in [5.41, 5.74) is -1.20. The van der Waals surface area contributed by atoms with Crippen LogP contribution in [0.4, 0.5) is 13.2 Å². The van der Waals surface area contributed by atoms with Gasteiger partial charge in [0.15, 0.2) is 21.5 Å². The van der Waals surface area contributed by atoms with Gasteiger partial charge in [-0.1, -0.05) is 11.6 Å². The van der Waals surface area contributed by atoms with Gasteiger partial charge in [-0.2, -0.15) is 0 Å². The fourth-order valence-corrected chi connectivity index (χ4v) is 5.17. The number of aryl methyl sites for hydroxylation is 1. The zero-order chi connectivity index (χ0) is 23.6. The molecule has 3 aromatic rings. The largest absolute Gasteiger partial charge is 0.376 e. The highest BCUT2D eigenvalue weighted by Crippen LogP contribution is 2.39. The van der Waals surface area contributed by atoms with Crippen molar-refractivity contribution in [1.82, 2.24) is 10.3 Å². The smallest absolute Gasteiger partial charge is 0.271 e. The molecule has 0 spiro atoms. The molecule has 1 heterocycles. The lowest BCUT2D eigenvalue weighted by molar-refractivity contribution is 0.0905. The number of aromatic nitrogens is 1. The van der Waals surface area contributed by atoms with E-state index in [-0.39, 0.29) is 26.7 Å². The highest BCUT2D eigenvalue weighted by molar-refractivity contribution is 7.92. The first kappa shape index (κ1) is 23.7. The number of aliphatic hydroxyl groups is 1. The first-order valence-corrected chi connectivity index (χ1v) is 11.0. The fraction of sp³-hybridized carbons (Fsp3) is 0.143. The van der Waals surface area contributed by atoms with Crippen molar-refractivity contribution in [2.45, 2.75) is 17.1 Å². The number of benzene rings is 2. The maximum Gasteiger partial charge on any atom is 0.271 e. The minimum absolute atomic E-state index is 0.147. The Morgan fingerprint density at radius 1 is 1.12 bits per heavy atom. The standard InChI is InChI=1S/C21H16ClF3N2O4S/c1-11-8-17(21(29)27-10-28)26-9-14(11)20(18-15(23)6-7-16(24)19(18)25)32(30,31)13-4-2-12(22)3-5-13/h2-9,20,28H,10H2,1H3,(H,27,29). The maximum atomic E-state index is 14.7. The Kier molecular flexibility index (Phi) is 6.87. The number of pyridine rings is 1. The van der Waals surface area contributed by atoms with Crippen molar-refractivity contribution in [3.8, 4) is 0 Å². The predicted molar refractivity (Wildman–Crippen MR) is 110 cm³/mol. The molecule has 1 aromatic heterocycles. The number of nitrogens with one attached hydrogen (secondary N) is 1. The predicted octanol–water partition coefficient (Wildman–Crippen LogP) is 3.70. The second kappa shape index (κ2) is 9.27. The van der Waals surface area contributed by atoms with Crippen LogP contribution in [0.3, 0.4) is 0 Å². The van der Waals surface area contributed by atoms with Gasteiger partial charge in [0.2, 0.25) is 0 Å². The van der Waals surface area contributed by atoms with Gasteiger partial charge in [0.25, 0.3) is 5.91 Å². The average molecular weight is 485 g/mol. The van der Waals surface area contributed by atoms with Crippen molar-refractivity contribution in [3.63, 3.8) is 0 Å². The van der Waals surface area contributed by atoms with Gasteiger partial charge in [-0.3, -0.25) is 9.78 Å². The molecule has 11 heteroatoms. The number of carbonyl (C=O) groups is 1. The summed E-state index contributed by atoms with van der Waals surface area (Å²) in [6.45, 7) is 0.751. The number of aliphatic hydroxyl groups excluding tert-OH is 1. The lowest BCUT2D eigenvalue weighted by atomic mass is 10.00. The van der Waals surface area contributed by atoms with Crippen LogP contribution in [0.5, 0.6) is 0 Å². The molecule has 32 heavy (non-hydrogen) atoms. The van der Waals surface area contributed by atoms with Crippen molar-refractivity contribution in [1.29, 1.82) is 0 Å². The molecule has 2 aromatic carbocycles. The minimum atomic E-state index is -4.54. The second-order valence-corrected chi connectivity index (χ2v) is 9.20. The van der Waals surface area contributed by atoms with E-state index in [1.54, 1.807) is 0 Å². The normalized spacial score (nSPS) is 12.4. The van der Waals surface area contributed by atoms with E-state index in [0.717, 1.165) is 18.3 Å². The molecule has 0 aliphatic heterocycles. The van der Waals surface area contributed by atoms with Gasteiger partial charge in [0, 0.05) is 16.8 Å². The molecule has 1 amide bonds. The van der Waals surface area contributed by atoms with Crippen molar-refractivity contribution < 1.29 is 31.5 Å². The monoisotopic (exact) mass is 484 g/mol. The van der Waals surface area contributed by atoms with E-state index in [0.29, 0.717) is 12.1 Å². The van der Waals surface area contributed by atoms with Crippen LogP contribution in [0.1, 0.15) is 32.4 Å². The first-order valence-electron chi connectivity index (χ1n) is 9.06. The number of sulfone groups is 1. The molecule has 6 nitrogen and oxygen atoms in total.